The zero-order chi connectivity index (χ0) is 17.4. The highest BCUT2D eigenvalue weighted by molar-refractivity contribution is 7.91. The third kappa shape index (κ3) is 2.59. The van der Waals surface area contributed by atoms with Crippen LogP contribution in [0.15, 0.2) is 89.8 Å². The van der Waals surface area contributed by atoms with Crippen LogP contribution in [0.2, 0.25) is 0 Å². The lowest BCUT2D eigenvalue weighted by molar-refractivity contribution is 0.507. The van der Waals surface area contributed by atoms with Crippen molar-refractivity contribution in [3.8, 4) is 0 Å². The fraction of sp³-hybridized carbons (Fsp3) is 0.182. The van der Waals surface area contributed by atoms with Crippen LogP contribution in [-0.4, -0.2) is 8.42 Å². The molecule has 3 heteroatoms. The minimum atomic E-state index is -3.44. The van der Waals surface area contributed by atoms with Crippen LogP contribution in [0.4, 0.5) is 0 Å². The summed E-state index contributed by atoms with van der Waals surface area (Å²) in [4.78, 5) is 0.398. The van der Waals surface area contributed by atoms with Crippen LogP contribution < -0.4 is 0 Å². The standard InChI is InChI=1S/C22H20O2S/c1-16-21(17-10-4-2-5-11-17)19-14-8-9-15-20(19)22(16)25(23,24)18-12-6-3-7-13-18/h2-16,21-22H,1H3/t16-,21+,22+/m0/s1. The van der Waals surface area contributed by atoms with Gasteiger partial charge in [-0.25, -0.2) is 8.42 Å². The zero-order valence-electron chi connectivity index (χ0n) is 14.0. The topological polar surface area (TPSA) is 34.1 Å². The quantitative estimate of drug-likeness (QED) is 0.669. The second-order valence-corrected chi connectivity index (χ2v) is 8.72. The van der Waals surface area contributed by atoms with Crippen molar-refractivity contribution in [3.63, 3.8) is 0 Å². The highest BCUT2D eigenvalue weighted by Crippen LogP contribution is 2.52. The number of benzene rings is 3. The van der Waals surface area contributed by atoms with Gasteiger partial charge in [0.15, 0.2) is 9.84 Å². The summed E-state index contributed by atoms with van der Waals surface area (Å²) in [6.45, 7) is 2.06. The van der Waals surface area contributed by atoms with Crippen LogP contribution in [0, 0.1) is 5.92 Å². The average Bonchev–Trinajstić information content (AvgIpc) is 2.95. The fourth-order valence-corrected chi connectivity index (χ4v) is 6.25. The second kappa shape index (κ2) is 6.16. The van der Waals surface area contributed by atoms with Gasteiger partial charge in [-0.15, -0.1) is 0 Å². The summed E-state index contributed by atoms with van der Waals surface area (Å²) in [7, 11) is -3.44. The van der Waals surface area contributed by atoms with Gasteiger partial charge in [0.05, 0.1) is 10.1 Å². The van der Waals surface area contributed by atoms with Crippen molar-refractivity contribution in [2.24, 2.45) is 5.92 Å². The highest BCUT2D eigenvalue weighted by Gasteiger charge is 2.45. The molecule has 0 N–H and O–H groups in total. The molecule has 0 fully saturated rings. The molecular weight excluding hydrogens is 328 g/mol. The van der Waals surface area contributed by atoms with Crippen LogP contribution in [-0.2, 0) is 9.84 Å². The Kier molecular flexibility index (Phi) is 3.97. The molecule has 0 aliphatic heterocycles. The predicted octanol–water partition coefficient (Wildman–Crippen LogP) is 4.98. The summed E-state index contributed by atoms with van der Waals surface area (Å²) in [6.07, 6.45) is 0. The van der Waals surface area contributed by atoms with Gasteiger partial charge in [0.1, 0.15) is 0 Å². The van der Waals surface area contributed by atoms with Crippen molar-refractivity contribution in [2.45, 2.75) is 23.0 Å². The number of hydrogen-bond donors (Lipinski definition) is 0. The molecule has 0 unspecified atom stereocenters. The lowest BCUT2D eigenvalue weighted by Gasteiger charge is -2.22. The van der Waals surface area contributed by atoms with E-state index < -0.39 is 15.1 Å². The summed E-state index contributed by atoms with van der Waals surface area (Å²) in [6, 6.07) is 27.0. The van der Waals surface area contributed by atoms with E-state index in [0.29, 0.717) is 4.90 Å². The van der Waals surface area contributed by atoms with Crippen LogP contribution in [0.5, 0.6) is 0 Å². The maximum absolute atomic E-state index is 13.4. The van der Waals surface area contributed by atoms with E-state index in [1.807, 2.05) is 42.5 Å². The third-order valence-electron chi connectivity index (χ3n) is 5.21. The summed E-state index contributed by atoms with van der Waals surface area (Å²) in [5.74, 6) is 0.0749. The van der Waals surface area contributed by atoms with E-state index in [2.05, 4.69) is 25.1 Å². The first-order valence-corrected chi connectivity index (χ1v) is 10.1. The average molecular weight is 348 g/mol. The summed E-state index contributed by atoms with van der Waals surface area (Å²) < 4.78 is 26.8. The molecule has 0 aromatic heterocycles. The molecule has 0 bridgehead atoms. The van der Waals surface area contributed by atoms with Gasteiger partial charge in [0, 0.05) is 5.92 Å². The number of hydrogen-bond acceptors (Lipinski definition) is 2. The Hall–Kier alpha value is -2.39. The Balaban J connectivity index is 1.88. The molecule has 1 aliphatic carbocycles. The minimum absolute atomic E-state index is 0.0231. The van der Waals surface area contributed by atoms with Crippen molar-refractivity contribution in [3.05, 3.63) is 102 Å². The van der Waals surface area contributed by atoms with E-state index in [1.54, 1.807) is 24.3 Å². The van der Waals surface area contributed by atoms with Gasteiger partial charge in [-0.2, -0.15) is 0 Å². The van der Waals surface area contributed by atoms with Gasteiger partial charge in [-0.1, -0.05) is 79.7 Å². The van der Waals surface area contributed by atoms with Crippen molar-refractivity contribution in [2.75, 3.05) is 0 Å². The molecule has 3 atom stereocenters. The molecule has 0 saturated heterocycles. The SMILES string of the molecule is C[C@H]1[C@H](c2ccccc2)c2ccccc2[C@@H]1S(=O)(=O)c1ccccc1. The van der Waals surface area contributed by atoms with Crippen molar-refractivity contribution >= 4 is 9.84 Å². The Morgan fingerprint density at radius 3 is 1.84 bits per heavy atom. The normalized spacial score (nSPS) is 22.5. The molecule has 0 saturated carbocycles. The van der Waals surface area contributed by atoms with Crippen LogP contribution >= 0.6 is 0 Å². The molecule has 0 amide bonds. The molecule has 0 heterocycles. The number of rotatable bonds is 3. The first kappa shape index (κ1) is 16.1. The van der Waals surface area contributed by atoms with Crippen molar-refractivity contribution in [1.29, 1.82) is 0 Å². The maximum Gasteiger partial charge on any atom is 0.185 e. The molecule has 1 aliphatic rings. The molecule has 4 rings (SSSR count). The predicted molar refractivity (Wildman–Crippen MR) is 100 cm³/mol. The summed E-state index contributed by atoms with van der Waals surface area (Å²) >= 11 is 0. The van der Waals surface area contributed by atoms with E-state index >= 15 is 0 Å². The molecule has 25 heavy (non-hydrogen) atoms. The second-order valence-electron chi connectivity index (χ2n) is 6.66. The van der Waals surface area contributed by atoms with Crippen molar-refractivity contribution < 1.29 is 8.42 Å². The van der Waals surface area contributed by atoms with Crippen LogP contribution in [0.3, 0.4) is 0 Å². The Morgan fingerprint density at radius 1 is 0.680 bits per heavy atom. The summed E-state index contributed by atoms with van der Waals surface area (Å²) in [5, 5.41) is -0.517. The van der Waals surface area contributed by atoms with Gasteiger partial charge in [-0.05, 0) is 34.7 Å². The Bertz CT molecular complexity index is 979. The highest BCUT2D eigenvalue weighted by atomic mass is 32.2. The van der Waals surface area contributed by atoms with Gasteiger partial charge in [0.25, 0.3) is 0 Å². The Morgan fingerprint density at radius 2 is 1.20 bits per heavy atom. The van der Waals surface area contributed by atoms with Crippen LogP contribution in [0.25, 0.3) is 0 Å². The third-order valence-corrected chi connectivity index (χ3v) is 7.49. The molecule has 126 valence electrons. The van der Waals surface area contributed by atoms with E-state index in [4.69, 9.17) is 0 Å². The minimum Gasteiger partial charge on any atom is -0.223 e. The molecule has 0 spiro atoms. The molecule has 2 nitrogen and oxygen atoms in total. The van der Waals surface area contributed by atoms with Gasteiger partial charge in [0.2, 0.25) is 0 Å². The smallest absolute Gasteiger partial charge is 0.185 e. The molecule has 0 radical (unpaired) electrons. The van der Waals surface area contributed by atoms with Gasteiger partial charge in [-0.3, -0.25) is 0 Å². The fourth-order valence-electron chi connectivity index (χ4n) is 4.14. The molecule has 3 aromatic carbocycles. The monoisotopic (exact) mass is 348 g/mol. The van der Waals surface area contributed by atoms with Gasteiger partial charge >= 0.3 is 0 Å². The van der Waals surface area contributed by atoms with Crippen molar-refractivity contribution in [1.82, 2.24) is 0 Å². The Labute approximate surface area is 149 Å². The first-order chi connectivity index (χ1) is 12.1. The van der Waals surface area contributed by atoms with E-state index in [9.17, 15) is 8.42 Å². The summed E-state index contributed by atoms with van der Waals surface area (Å²) in [5.41, 5.74) is 3.24. The largest absolute Gasteiger partial charge is 0.223 e. The zero-order valence-corrected chi connectivity index (χ0v) is 14.9. The molecular formula is C22H20O2S. The van der Waals surface area contributed by atoms with E-state index in [1.165, 1.54) is 5.56 Å². The van der Waals surface area contributed by atoms with Crippen LogP contribution in [0.1, 0.15) is 34.8 Å². The molecule has 3 aromatic rings. The van der Waals surface area contributed by atoms with E-state index in [0.717, 1.165) is 11.1 Å². The lowest BCUT2D eigenvalue weighted by Crippen LogP contribution is -2.19. The maximum atomic E-state index is 13.4. The number of sulfone groups is 1. The van der Waals surface area contributed by atoms with E-state index in [-0.39, 0.29) is 11.8 Å². The first-order valence-electron chi connectivity index (χ1n) is 8.53. The van der Waals surface area contributed by atoms with Gasteiger partial charge < -0.3 is 0 Å². The number of fused-ring (bicyclic) bond motifs is 1. The lowest BCUT2D eigenvalue weighted by atomic mass is 9.87.